The fourth-order valence-corrected chi connectivity index (χ4v) is 3.96. The van der Waals surface area contributed by atoms with Crippen LogP contribution in [0.5, 0.6) is 5.75 Å². The molecule has 0 spiro atoms. The van der Waals surface area contributed by atoms with Gasteiger partial charge in [-0.1, -0.05) is 30.3 Å². The molecular weight excluding hydrogens is 354 g/mol. The van der Waals surface area contributed by atoms with Crippen LogP contribution in [0.4, 0.5) is 0 Å². The molecule has 2 aliphatic rings. The van der Waals surface area contributed by atoms with Gasteiger partial charge in [-0.15, -0.1) is 5.10 Å². The van der Waals surface area contributed by atoms with E-state index in [1.54, 1.807) is 4.68 Å². The monoisotopic (exact) mass is 377 g/mol. The summed E-state index contributed by atoms with van der Waals surface area (Å²) in [5.41, 5.74) is 5.01. The van der Waals surface area contributed by atoms with Gasteiger partial charge in [0.1, 0.15) is 11.9 Å². The minimum atomic E-state index is -0.0919. The lowest BCUT2D eigenvalue weighted by Gasteiger charge is -2.32. The summed E-state index contributed by atoms with van der Waals surface area (Å²) < 4.78 is 13.3. The summed E-state index contributed by atoms with van der Waals surface area (Å²) in [6, 6.07) is 15.3. The number of nitrogens with zero attached hydrogens (tertiary/aromatic N) is 5. The first-order chi connectivity index (χ1) is 13.8. The van der Waals surface area contributed by atoms with E-state index in [4.69, 9.17) is 9.47 Å². The minimum Gasteiger partial charge on any atom is -0.493 e. The first kappa shape index (κ1) is 17.3. The van der Waals surface area contributed by atoms with Gasteiger partial charge in [0, 0.05) is 33.1 Å². The molecule has 3 aromatic rings. The van der Waals surface area contributed by atoms with Gasteiger partial charge in [0.15, 0.2) is 5.82 Å². The van der Waals surface area contributed by atoms with Gasteiger partial charge < -0.3 is 9.47 Å². The summed E-state index contributed by atoms with van der Waals surface area (Å²) in [6.45, 7) is 4.03. The van der Waals surface area contributed by atoms with Crippen molar-refractivity contribution in [2.45, 2.75) is 19.1 Å². The Labute approximate surface area is 163 Å². The quantitative estimate of drug-likeness (QED) is 0.696. The maximum atomic E-state index is 5.89. The third kappa shape index (κ3) is 3.39. The van der Waals surface area contributed by atoms with Gasteiger partial charge in [-0.2, -0.15) is 0 Å². The molecule has 7 heteroatoms. The maximum Gasteiger partial charge on any atom is 0.181 e. The molecule has 0 N–H and O–H groups in total. The number of hydrogen-bond acceptors (Lipinski definition) is 6. The highest BCUT2D eigenvalue weighted by molar-refractivity contribution is 5.67. The highest BCUT2D eigenvalue weighted by atomic mass is 16.5. The molecule has 0 amide bonds. The third-order valence-corrected chi connectivity index (χ3v) is 5.45. The van der Waals surface area contributed by atoms with Crippen molar-refractivity contribution in [3.05, 3.63) is 59.4 Å². The SMILES string of the molecule is Cn1nnnc1C1CN(Cc2cccc(-c3ccc4c(c3)OCC4)c2)CCO1. The van der Waals surface area contributed by atoms with Crippen LogP contribution in [0.3, 0.4) is 0 Å². The zero-order chi connectivity index (χ0) is 18.9. The molecule has 1 fully saturated rings. The maximum absolute atomic E-state index is 5.89. The summed E-state index contributed by atoms with van der Waals surface area (Å²) in [6.07, 6.45) is 0.917. The van der Waals surface area contributed by atoms with E-state index in [1.165, 1.54) is 22.3 Å². The number of aryl methyl sites for hydroxylation is 1. The van der Waals surface area contributed by atoms with Gasteiger partial charge in [0.2, 0.25) is 0 Å². The summed E-state index contributed by atoms with van der Waals surface area (Å²) in [7, 11) is 1.85. The lowest BCUT2D eigenvalue weighted by Crippen LogP contribution is -2.38. The predicted molar refractivity (Wildman–Crippen MR) is 104 cm³/mol. The number of ether oxygens (including phenoxy) is 2. The molecule has 5 rings (SSSR count). The first-order valence-electron chi connectivity index (χ1n) is 9.67. The van der Waals surface area contributed by atoms with Crippen molar-refractivity contribution in [1.82, 2.24) is 25.1 Å². The van der Waals surface area contributed by atoms with Gasteiger partial charge in [-0.05, 0) is 44.8 Å². The second kappa shape index (κ2) is 7.33. The average molecular weight is 377 g/mol. The Balaban J connectivity index is 1.32. The van der Waals surface area contributed by atoms with Crippen molar-refractivity contribution in [2.24, 2.45) is 7.05 Å². The van der Waals surface area contributed by atoms with Gasteiger partial charge in [0.25, 0.3) is 0 Å². The number of morpholine rings is 1. The van der Waals surface area contributed by atoms with E-state index in [1.807, 2.05) is 7.05 Å². The Bertz CT molecular complexity index is 986. The molecule has 0 radical (unpaired) electrons. The molecule has 1 atom stereocenters. The highest BCUT2D eigenvalue weighted by Gasteiger charge is 2.26. The fraction of sp³-hybridized carbons (Fsp3) is 0.381. The third-order valence-electron chi connectivity index (χ3n) is 5.45. The molecular formula is C21H23N5O2. The predicted octanol–water partition coefficient (Wildman–Crippen LogP) is 2.39. The van der Waals surface area contributed by atoms with E-state index in [9.17, 15) is 0 Å². The van der Waals surface area contributed by atoms with Crippen LogP contribution in [-0.4, -0.2) is 51.4 Å². The van der Waals surface area contributed by atoms with Gasteiger partial charge in [0.05, 0.1) is 13.2 Å². The van der Waals surface area contributed by atoms with Crippen LogP contribution < -0.4 is 4.74 Å². The zero-order valence-electron chi connectivity index (χ0n) is 15.9. The van der Waals surface area contributed by atoms with E-state index in [0.29, 0.717) is 6.61 Å². The normalized spacial score (nSPS) is 19.4. The van der Waals surface area contributed by atoms with Crippen LogP contribution >= 0.6 is 0 Å². The Kier molecular flexibility index (Phi) is 4.54. The Morgan fingerprint density at radius 2 is 2.04 bits per heavy atom. The first-order valence-corrected chi connectivity index (χ1v) is 9.67. The van der Waals surface area contributed by atoms with Gasteiger partial charge >= 0.3 is 0 Å². The van der Waals surface area contributed by atoms with Crippen molar-refractivity contribution >= 4 is 0 Å². The van der Waals surface area contributed by atoms with E-state index in [0.717, 1.165) is 44.2 Å². The fourth-order valence-electron chi connectivity index (χ4n) is 3.96. The van der Waals surface area contributed by atoms with Crippen molar-refractivity contribution in [1.29, 1.82) is 0 Å². The lowest BCUT2D eigenvalue weighted by atomic mass is 10.0. The van der Waals surface area contributed by atoms with Crippen LogP contribution in [0, 0.1) is 0 Å². The Morgan fingerprint density at radius 1 is 1.11 bits per heavy atom. The number of aromatic nitrogens is 4. The molecule has 2 aliphatic heterocycles. The summed E-state index contributed by atoms with van der Waals surface area (Å²) in [4.78, 5) is 2.40. The molecule has 144 valence electrons. The number of rotatable bonds is 4. The molecule has 1 unspecified atom stereocenters. The number of tetrazole rings is 1. The van der Waals surface area contributed by atoms with E-state index in [-0.39, 0.29) is 6.10 Å². The standard InChI is InChI=1S/C21H23N5O2/c1-25-21(22-23-24-25)20-14-26(8-10-28-20)13-15-3-2-4-17(11-15)18-6-5-16-7-9-27-19(16)12-18/h2-6,11-12,20H,7-10,13-14H2,1H3. The van der Waals surface area contributed by atoms with Crippen molar-refractivity contribution in [3.8, 4) is 16.9 Å². The van der Waals surface area contributed by atoms with Crippen LogP contribution in [-0.2, 0) is 24.8 Å². The molecule has 7 nitrogen and oxygen atoms in total. The zero-order valence-corrected chi connectivity index (χ0v) is 15.9. The van der Waals surface area contributed by atoms with E-state index in [2.05, 4.69) is 62.9 Å². The molecule has 1 saturated heterocycles. The van der Waals surface area contributed by atoms with Crippen LogP contribution in [0.25, 0.3) is 11.1 Å². The van der Waals surface area contributed by atoms with Crippen LogP contribution in [0.15, 0.2) is 42.5 Å². The number of benzene rings is 2. The Morgan fingerprint density at radius 3 is 2.93 bits per heavy atom. The average Bonchev–Trinajstić information content (AvgIpc) is 3.36. The smallest absolute Gasteiger partial charge is 0.181 e. The molecule has 0 bridgehead atoms. The topological polar surface area (TPSA) is 65.3 Å². The molecule has 0 aliphatic carbocycles. The van der Waals surface area contributed by atoms with E-state index >= 15 is 0 Å². The largest absolute Gasteiger partial charge is 0.493 e. The van der Waals surface area contributed by atoms with Crippen LogP contribution in [0.1, 0.15) is 23.1 Å². The minimum absolute atomic E-state index is 0.0919. The highest BCUT2D eigenvalue weighted by Crippen LogP contribution is 2.31. The van der Waals surface area contributed by atoms with Crippen molar-refractivity contribution < 1.29 is 9.47 Å². The Hall–Kier alpha value is -2.77. The number of fused-ring (bicyclic) bond motifs is 1. The van der Waals surface area contributed by atoms with Gasteiger partial charge in [-0.25, -0.2) is 4.68 Å². The molecule has 1 aromatic heterocycles. The molecule has 2 aromatic carbocycles. The van der Waals surface area contributed by atoms with Crippen molar-refractivity contribution in [3.63, 3.8) is 0 Å². The molecule has 0 saturated carbocycles. The summed E-state index contributed by atoms with van der Waals surface area (Å²) in [5.74, 6) is 1.80. The van der Waals surface area contributed by atoms with Crippen molar-refractivity contribution in [2.75, 3.05) is 26.3 Å². The summed E-state index contributed by atoms with van der Waals surface area (Å²) >= 11 is 0. The van der Waals surface area contributed by atoms with Crippen LogP contribution in [0.2, 0.25) is 0 Å². The summed E-state index contributed by atoms with van der Waals surface area (Å²) in [5, 5.41) is 11.7. The number of hydrogen-bond donors (Lipinski definition) is 0. The second-order valence-corrected chi connectivity index (χ2v) is 7.38. The van der Waals surface area contributed by atoms with E-state index < -0.39 is 0 Å². The lowest BCUT2D eigenvalue weighted by molar-refractivity contribution is -0.0388. The molecule has 28 heavy (non-hydrogen) atoms. The second-order valence-electron chi connectivity index (χ2n) is 7.38. The molecule has 3 heterocycles. The van der Waals surface area contributed by atoms with Gasteiger partial charge in [-0.3, -0.25) is 4.90 Å².